The second-order valence-electron chi connectivity index (χ2n) is 6.53. The monoisotopic (exact) mass is 383 g/mol. The molecule has 27 heavy (non-hydrogen) atoms. The second-order valence-corrected chi connectivity index (χ2v) is 6.53. The van der Waals surface area contributed by atoms with Crippen molar-refractivity contribution < 1.29 is 18.0 Å². The van der Waals surface area contributed by atoms with E-state index in [2.05, 4.69) is 10.4 Å². The Bertz CT molecular complexity index is 852. The third kappa shape index (κ3) is 4.38. The van der Waals surface area contributed by atoms with Crippen LogP contribution in [-0.2, 0) is 18.0 Å². The number of hydrogen-bond acceptors (Lipinski definition) is 4. The minimum atomic E-state index is -4.67. The van der Waals surface area contributed by atoms with E-state index in [1.54, 1.807) is 12.1 Å². The predicted octanol–water partition coefficient (Wildman–Crippen LogP) is 1.88. The fourth-order valence-electron chi connectivity index (χ4n) is 3.19. The van der Waals surface area contributed by atoms with Crippen molar-refractivity contribution in [3.8, 4) is 0 Å². The molecule has 7 nitrogen and oxygen atoms in total. The Morgan fingerprint density at radius 2 is 1.85 bits per heavy atom. The summed E-state index contributed by atoms with van der Waals surface area (Å²) in [6.07, 6.45) is -3.77. The number of nitrogens with one attached hydrogen (secondary N) is 1. The summed E-state index contributed by atoms with van der Waals surface area (Å²) in [5.41, 5.74) is -0.0697. The summed E-state index contributed by atoms with van der Waals surface area (Å²) in [7, 11) is 1.07. The van der Waals surface area contributed by atoms with Gasteiger partial charge in [-0.15, -0.1) is 5.10 Å². The van der Waals surface area contributed by atoms with Crippen LogP contribution in [0, 0.1) is 0 Å². The lowest BCUT2D eigenvalue weighted by Gasteiger charge is -2.30. The molecule has 10 heteroatoms. The summed E-state index contributed by atoms with van der Waals surface area (Å²) in [6, 6.07) is 8.66. The van der Waals surface area contributed by atoms with Gasteiger partial charge in [-0.25, -0.2) is 9.48 Å². The molecule has 1 amide bonds. The molecule has 0 aliphatic carbocycles. The van der Waals surface area contributed by atoms with Crippen molar-refractivity contribution in [3.05, 3.63) is 46.6 Å². The van der Waals surface area contributed by atoms with Crippen LogP contribution >= 0.6 is 0 Å². The molecule has 3 rings (SSSR count). The zero-order valence-electron chi connectivity index (χ0n) is 14.7. The van der Waals surface area contributed by atoms with Crippen LogP contribution in [-0.4, -0.2) is 44.8 Å². The van der Waals surface area contributed by atoms with Gasteiger partial charge in [-0.2, -0.15) is 13.2 Å². The van der Waals surface area contributed by atoms with Gasteiger partial charge >= 0.3 is 11.9 Å². The number of carbonyl (C=O) groups is 1. The standard InChI is InChI=1S/C17H20F3N5O2/c1-23-15(17(18,19)20)22-25(16(23)27)13-7-9-24(10-8-13)11-14(26)21-12-5-3-2-4-6-12/h2-6,13H,7-11H2,1H3,(H,21,26). The summed E-state index contributed by atoms with van der Waals surface area (Å²) < 4.78 is 40.2. The molecule has 2 heterocycles. The average molecular weight is 383 g/mol. The first-order chi connectivity index (χ1) is 12.8. The first-order valence-corrected chi connectivity index (χ1v) is 8.55. The van der Waals surface area contributed by atoms with E-state index in [4.69, 9.17) is 0 Å². The minimum absolute atomic E-state index is 0.158. The van der Waals surface area contributed by atoms with Gasteiger partial charge in [0, 0.05) is 25.8 Å². The lowest BCUT2D eigenvalue weighted by atomic mass is 10.1. The normalized spacial score (nSPS) is 16.4. The maximum absolute atomic E-state index is 12.9. The molecule has 2 aromatic rings. The van der Waals surface area contributed by atoms with E-state index in [1.807, 2.05) is 23.1 Å². The van der Waals surface area contributed by atoms with Crippen LogP contribution in [0.5, 0.6) is 0 Å². The molecule has 146 valence electrons. The molecular weight excluding hydrogens is 363 g/mol. The minimum Gasteiger partial charge on any atom is -0.325 e. The molecule has 0 spiro atoms. The lowest BCUT2D eigenvalue weighted by molar-refractivity contribution is -0.147. The number of hydrogen-bond donors (Lipinski definition) is 1. The number of carbonyl (C=O) groups excluding carboxylic acids is 1. The summed E-state index contributed by atoms with van der Waals surface area (Å²) in [5.74, 6) is -1.36. The summed E-state index contributed by atoms with van der Waals surface area (Å²) >= 11 is 0. The predicted molar refractivity (Wildman–Crippen MR) is 92.3 cm³/mol. The Morgan fingerprint density at radius 1 is 1.22 bits per heavy atom. The molecule has 1 aliphatic rings. The van der Waals surface area contributed by atoms with E-state index in [0.29, 0.717) is 36.2 Å². The second kappa shape index (κ2) is 7.55. The number of piperidine rings is 1. The largest absolute Gasteiger partial charge is 0.451 e. The van der Waals surface area contributed by atoms with Crippen LogP contribution in [0.4, 0.5) is 18.9 Å². The molecule has 0 radical (unpaired) electrons. The molecule has 1 aliphatic heterocycles. The van der Waals surface area contributed by atoms with Gasteiger partial charge in [0.1, 0.15) is 0 Å². The van der Waals surface area contributed by atoms with Crippen molar-refractivity contribution in [2.75, 3.05) is 25.0 Å². The van der Waals surface area contributed by atoms with Crippen molar-refractivity contribution in [2.24, 2.45) is 7.05 Å². The van der Waals surface area contributed by atoms with Crippen LogP contribution in [0.15, 0.2) is 35.1 Å². The Labute approximate surface area is 153 Å². The number of para-hydroxylation sites is 1. The van der Waals surface area contributed by atoms with E-state index in [9.17, 15) is 22.8 Å². The van der Waals surface area contributed by atoms with Crippen molar-refractivity contribution >= 4 is 11.6 Å². The summed E-state index contributed by atoms with van der Waals surface area (Å²) in [4.78, 5) is 26.1. The van der Waals surface area contributed by atoms with Crippen molar-refractivity contribution in [2.45, 2.75) is 25.1 Å². The van der Waals surface area contributed by atoms with Gasteiger partial charge < -0.3 is 5.32 Å². The third-order valence-electron chi connectivity index (χ3n) is 4.58. The van der Waals surface area contributed by atoms with Crippen molar-refractivity contribution in [1.82, 2.24) is 19.2 Å². The first-order valence-electron chi connectivity index (χ1n) is 8.55. The van der Waals surface area contributed by atoms with Crippen LogP contribution in [0.2, 0.25) is 0 Å². The fraction of sp³-hybridized carbons (Fsp3) is 0.471. The topological polar surface area (TPSA) is 72.2 Å². The number of benzene rings is 1. The van der Waals surface area contributed by atoms with E-state index in [0.717, 1.165) is 11.7 Å². The molecule has 1 N–H and O–H groups in total. The van der Waals surface area contributed by atoms with E-state index in [-0.39, 0.29) is 12.5 Å². The number of rotatable bonds is 4. The molecule has 0 atom stereocenters. The van der Waals surface area contributed by atoms with Gasteiger partial charge in [-0.3, -0.25) is 14.3 Å². The van der Waals surface area contributed by atoms with Crippen LogP contribution in [0.1, 0.15) is 24.7 Å². The Morgan fingerprint density at radius 3 is 2.41 bits per heavy atom. The maximum Gasteiger partial charge on any atom is 0.451 e. The Balaban J connectivity index is 1.58. The maximum atomic E-state index is 12.9. The molecule has 1 aromatic heterocycles. The number of alkyl halides is 3. The quantitative estimate of drug-likeness (QED) is 0.875. The van der Waals surface area contributed by atoms with Crippen LogP contribution < -0.4 is 11.0 Å². The van der Waals surface area contributed by atoms with Crippen LogP contribution in [0.3, 0.4) is 0 Å². The highest BCUT2D eigenvalue weighted by atomic mass is 19.4. The Hall–Kier alpha value is -2.62. The molecule has 1 saturated heterocycles. The number of halogens is 3. The molecule has 0 unspecified atom stereocenters. The van der Waals surface area contributed by atoms with Gasteiger partial charge in [0.2, 0.25) is 11.7 Å². The van der Waals surface area contributed by atoms with Gasteiger partial charge in [0.15, 0.2) is 0 Å². The van der Waals surface area contributed by atoms with Crippen molar-refractivity contribution in [1.29, 1.82) is 0 Å². The number of nitrogens with zero attached hydrogens (tertiary/aromatic N) is 4. The Kier molecular flexibility index (Phi) is 5.36. The fourth-order valence-corrected chi connectivity index (χ4v) is 3.19. The highest BCUT2D eigenvalue weighted by molar-refractivity contribution is 5.92. The molecule has 1 aromatic carbocycles. The third-order valence-corrected chi connectivity index (χ3v) is 4.58. The SMILES string of the molecule is Cn1c(C(F)(F)F)nn(C2CCN(CC(=O)Nc3ccccc3)CC2)c1=O. The molecule has 0 saturated carbocycles. The van der Waals surface area contributed by atoms with E-state index >= 15 is 0 Å². The molecule has 1 fully saturated rings. The zero-order valence-corrected chi connectivity index (χ0v) is 14.7. The number of aromatic nitrogens is 3. The lowest BCUT2D eigenvalue weighted by Crippen LogP contribution is -2.41. The van der Waals surface area contributed by atoms with Gasteiger partial charge in [-0.05, 0) is 25.0 Å². The highest BCUT2D eigenvalue weighted by Gasteiger charge is 2.39. The van der Waals surface area contributed by atoms with Gasteiger partial charge in [0.05, 0.1) is 12.6 Å². The summed E-state index contributed by atoms with van der Waals surface area (Å²) in [6.45, 7) is 1.18. The average Bonchev–Trinajstić information content (AvgIpc) is 2.92. The van der Waals surface area contributed by atoms with Crippen LogP contribution in [0.25, 0.3) is 0 Å². The first kappa shape index (κ1) is 19.2. The van der Waals surface area contributed by atoms with Crippen molar-refractivity contribution in [3.63, 3.8) is 0 Å². The number of anilines is 1. The zero-order chi connectivity index (χ0) is 19.6. The number of likely N-dealkylation sites (tertiary alicyclic amines) is 1. The smallest absolute Gasteiger partial charge is 0.325 e. The number of amides is 1. The van der Waals surface area contributed by atoms with Gasteiger partial charge in [-0.1, -0.05) is 18.2 Å². The highest BCUT2D eigenvalue weighted by Crippen LogP contribution is 2.28. The van der Waals surface area contributed by atoms with Gasteiger partial charge in [0.25, 0.3) is 0 Å². The molecular formula is C17H20F3N5O2. The molecule has 0 bridgehead atoms. The van der Waals surface area contributed by atoms with E-state index < -0.39 is 23.7 Å². The summed E-state index contributed by atoms with van der Waals surface area (Å²) in [5, 5.41) is 6.28. The van der Waals surface area contributed by atoms with E-state index in [1.165, 1.54) is 0 Å².